The molecular formula is C16H24FNO. The van der Waals surface area contributed by atoms with Gasteiger partial charge in [0.25, 0.3) is 0 Å². The molecule has 2 nitrogen and oxygen atoms in total. The first-order valence-corrected chi connectivity index (χ1v) is 7.25. The molecule has 1 fully saturated rings. The summed E-state index contributed by atoms with van der Waals surface area (Å²) in [5.74, 6) is 0.403. The van der Waals surface area contributed by atoms with Crippen molar-refractivity contribution < 1.29 is 9.13 Å². The number of hydrogen-bond donors (Lipinski definition) is 1. The minimum Gasteiger partial charge on any atom is -0.379 e. The SMILES string of the molecule is CC(C)OCCCNC1CC(c2cccc(F)c2)C1. The second-order valence-corrected chi connectivity index (χ2v) is 5.65. The fraction of sp³-hybridized carbons (Fsp3) is 0.625. The predicted molar refractivity (Wildman–Crippen MR) is 75.9 cm³/mol. The molecule has 106 valence electrons. The monoisotopic (exact) mass is 265 g/mol. The highest BCUT2D eigenvalue weighted by Gasteiger charge is 2.29. The van der Waals surface area contributed by atoms with Crippen LogP contribution in [0.25, 0.3) is 0 Å². The smallest absolute Gasteiger partial charge is 0.123 e. The number of rotatable bonds is 7. The summed E-state index contributed by atoms with van der Waals surface area (Å²) < 4.78 is 18.6. The number of ether oxygens (including phenoxy) is 1. The largest absolute Gasteiger partial charge is 0.379 e. The summed E-state index contributed by atoms with van der Waals surface area (Å²) in [7, 11) is 0. The predicted octanol–water partition coefficient (Wildman–Crippen LogP) is 3.48. The molecule has 19 heavy (non-hydrogen) atoms. The van der Waals surface area contributed by atoms with Crippen LogP contribution in [-0.2, 0) is 4.74 Å². The maximum absolute atomic E-state index is 13.1. The molecule has 1 aliphatic carbocycles. The van der Waals surface area contributed by atoms with Crippen LogP contribution in [0.1, 0.15) is 44.6 Å². The summed E-state index contributed by atoms with van der Waals surface area (Å²) in [6.07, 6.45) is 3.61. The maximum Gasteiger partial charge on any atom is 0.123 e. The molecule has 1 aromatic rings. The van der Waals surface area contributed by atoms with E-state index in [4.69, 9.17) is 4.74 Å². The summed E-state index contributed by atoms with van der Waals surface area (Å²) >= 11 is 0. The molecule has 1 saturated carbocycles. The van der Waals surface area contributed by atoms with E-state index in [9.17, 15) is 4.39 Å². The highest BCUT2D eigenvalue weighted by atomic mass is 19.1. The van der Waals surface area contributed by atoms with Gasteiger partial charge in [0.15, 0.2) is 0 Å². The van der Waals surface area contributed by atoms with Crippen molar-refractivity contribution in [3.05, 3.63) is 35.6 Å². The topological polar surface area (TPSA) is 21.3 Å². The Labute approximate surface area is 115 Å². The van der Waals surface area contributed by atoms with Gasteiger partial charge in [-0.15, -0.1) is 0 Å². The summed E-state index contributed by atoms with van der Waals surface area (Å²) in [4.78, 5) is 0. The van der Waals surface area contributed by atoms with Crippen LogP contribution in [-0.4, -0.2) is 25.3 Å². The molecule has 2 rings (SSSR count). The number of benzene rings is 1. The molecule has 0 radical (unpaired) electrons. The second kappa shape index (κ2) is 7.01. The standard InChI is InChI=1S/C16H24FNO/c1-12(2)19-8-4-7-18-16-10-14(11-16)13-5-3-6-15(17)9-13/h3,5-6,9,12,14,16,18H,4,7-8,10-11H2,1-2H3. The van der Waals surface area contributed by atoms with Crippen molar-refractivity contribution in [3.8, 4) is 0 Å². The Hall–Kier alpha value is -0.930. The van der Waals surface area contributed by atoms with Gasteiger partial charge >= 0.3 is 0 Å². The van der Waals surface area contributed by atoms with Crippen LogP contribution in [0, 0.1) is 5.82 Å². The van der Waals surface area contributed by atoms with Crippen LogP contribution in [0.5, 0.6) is 0 Å². The van der Waals surface area contributed by atoms with Gasteiger partial charge in [0.2, 0.25) is 0 Å². The molecule has 0 spiro atoms. The van der Waals surface area contributed by atoms with E-state index < -0.39 is 0 Å². The Balaban J connectivity index is 1.59. The van der Waals surface area contributed by atoms with Crippen molar-refractivity contribution in [1.29, 1.82) is 0 Å². The molecule has 0 aliphatic heterocycles. The van der Waals surface area contributed by atoms with Gasteiger partial charge in [-0.3, -0.25) is 0 Å². The fourth-order valence-corrected chi connectivity index (χ4v) is 2.51. The Kier molecular flexibility index (Phi) is 5.34. The third kappa shape index (κ3) is 4.59. The van der Waals surface area contributed by atoms with Crippen molar-refractivity contribution in [3.63, 3.8) is 0 Å². The Morgan fingerprint density at radius 1 is 1.37 bits per heavy atom. The molecule has 0 unspecified atom stereocenters. The first-order valence-electron chi connectivity index (χ1n) is 7.25. The zero-order valence-corrected chi connectivity index (χ0v) is 11.9. The van der Waals surface area contributed by atoms with E-state index >= 15 is 0 Å². The quantitative estimate of drug-likeness (QED) is 0.762. The van der Waals surface area contributed by atoms with Crippen molar-refractivity contribution in [1.82, 2.24) is 5.32 Å². The molecule has 1 aliphatic rings. The lowest BCUT2D eigenvalue weighted by molar-refractivity contribution is 0.0760. The van der Waals surface area contributed by atoms with E-state index in [-0.39, 0.29) is 5.82 Å². The average Bonchev–Trinajstić information content (AvgIpc) is 2.30. The zero-order chi connectivity index (χ0) is 13.7. The van der Waals surface area contributed by atoms with Crippen LogP contribution in [0.2, 0.25) is 0 Å². The highest BCUT2D eigenvalue weighted by molar-refractivity contribution is 5.23. The van der Waals surface area contributed by atoms with Gasteiger partial charge in [-0.05, 0) is 63.3 Å². The van der Waals surface area contributed by atoms with Gasteiger partial charge in [-0.25, -0.2) is 4.39 Å². The van der Waals surface area contributed by atoms with Crippen LogP contribution in [0.3, 0.4) is 0 Å². The Morgan fingerprint density at radius 2 is 2.16 bits per heavy atom. The van der Waals surface area contributed by atoms with Crippen molar-refractivity contribution in [2.45, 2.75) is 51.2 Å². The van der Waals surface area contributed by atoms with Gasteiger partial charge < -0.3 is 10.1 Å². The lowest BCUT2D eigenvalue weighted by Gasteiger charge is -2.36. The lowest BCUT2D eigenvalue weighted by atomic mass is 9.76. The summed E-state index contributed by atoms with van der Waals surface area (Å²) in [6, 6.07) is 7.59. The zero-order valence-electron chi connectivity index (χ0n) is 11.9. The van der Waals surface area contributed by atoms with Gasteiger partial charge in [0, 0.05) is 12.6 Å². The molecule has 1 aromatic carbocycles. The van der Waals surface area contributed by atoms with Crippen LogP contribution >= 0.6 is 0 Å². The van der Waals surface area contributed by atoms with E-state index in [2.05, 4.69) is 19.2 Å². The van der Waals surface area contributed by atoms with E-state index in [0.717, 1.165) is 38.0 Å². The van der Waals surface area contributed by atoms with Gasteiger partial charge in [0.1, 0.15) is 5.82 Å². The lowest BCUT2D eigenvalue weighted by Crippen LogP contribution is -2.40. The molecule has 1 N–H and O–H groups in total. The van der Waals surface area contributed by atoms with Gasteiger partial charge in [-0.1, -0.05) is 12.1 Å². The molecule has 0 aromatic heterocycles. The minimum absolute atomic E-state index is 0.125. The van der Waals surface area contributed by atoms with Crippen molar-refractivity contribution in [2.75, 3.05) is 13.2 Å². The third-order valence-electron chi connectivity index (χ3n) is 3.66. The van der Waals surface area contributed by atoms with Gasteiger partial charge in [-0.2, -0.15) is 0 Å². The van der Waals surface area contributed by atoms with E-state index in [1.165, 1.54) is 6.07 Å². The second-order valence-electron chi connectivity index (χ2n) is 5.65. The summed E-state index contributed by atoms with van der Waals surface area (Å²) in [6.45, 7) is 5.95. The summed E-state index contributed by atoms with van der Waals surface area (Å²) in [5.41, 5.74) is 1.14. The highest BCUT2D eigenvalue weighted by Crippen LogP contribution is 2.36. The number of nitrogens with one attached hydrogen (secondary N) is 1. The Bertz CT molecular complexity index is 388. The van der Waals surface area contributed by atoms with E-state index in [0.29, 0.717) is 18.1 Å². The molecule has 3 heteroatoms. The number of halogens is 1. The average molecular weight is 265 g/mol. The Morgan fingerprint density at radius 3 is 2.84 bits per heavy atom. The maximum atomic E-state index is 13.1. The molecule has 0 heterocycles. The normalized spacial score (nSPS) is 22.5. The van der Waals surface area contributed by atoms with Crippen molar-refractivity contribution in [2.24, 2.45) is 0 Å². The van der Waals surface area contributed by atoms with Crippen LogP contribution in [0.4, 0.5) is 4.39 Å². The molecular weight excluding hydrogens is 241 g/mol. The molecule has 0 amide bonds. The first-order chi connectivity index (χ1) is 9.15. The summed E-state index contributed by atoms with van der Waals surface area (Å²) in [5, 5.41) is 3.53. The molecule has 0 saturated heterocycles. The first kappa shape index (κ1) is 14.5. The van der Waals surface area contributed by atoms with E-state index in [1.54, 1.807) is 12.1 Å². The van der Waals surface area contributed by atoms with Crippen molar-refractivity contribution >= 4 is 0 Å². The molecule has 0 atom stereocenters. The minimum atomic E-state index is -0.125. The third-order valence-corrected chi connectivity index (χ3v) is 3.66. The number of hydrogen-bond acceptors (Lipinski definition) is 2. The van der Waals surface area contributed by atoms with E-state index in [1.807, 2.05) is 6.07 Å². The molecule has 0 bridgehead atoms. The fourth-order valence-electron chi connectivity index (χ4n) is 2.51. The van der Waals surface area contributed by atoms with Crippen LogP contribution < -0.4 is 5.32 Å². The van der Waals surface area contributed by atoms with Crippen LogP contribution in [0.15, 0.2) is 24.3 Å². The van der Waals surface area contributed by atoms with Gasteiger partial charge in [0.05, 0.1) is 6.10 Å².